The monoisotopic (exact) mass is 239 g/mol. The molecule has 0 spiro atoms. The summed E-state index contributed by atoms with van der Waals surface area (Å²) in [5, 5.41) is 13.7. The standard InChI is InChI=1S/C12H21N3O2/c1-9(2)10(16)8-11-13-12(14-17-11)15-6-4-3-5-7-15/h9-10,16H,3-8H2,1-2H3. The molecule has 1 aromatic rings. The Morgan fingerprint density at radius 2 is 2.00 bits per heavy atom. The molecule has 5 nitrogen and oxygen atoms in total. The number of nitrogens with zero attached hydrogens (tertiary/aromatic N) is 3. The Kier molecular flexibility index (Phi) is 3.99. The molecule has 2 rings (SSSR count). The molecule has 1 fully saturated rings. The molecule has 1 atom stereocenters. The van der Waals surface area contributed by atoms with Gasteiger partial charge in [0, 0.05) is 13.1 Å². The van der Waals surface area contributed by atoms with E-state index in [1.54, 1.807) is 0 Å². The third-order valence-electron chi connectivity index (χ3n) is 3.25. The lowest BCUT2D eigenvalue weighted by atomic mass is 10.0. The minimum absolute atomic E-state index is 0.209. The first-order valence-electron chi connectivity index (χ1n) is 6.42. The van der Waals surface area contributed by atoms with Crippen molar-refractivity contribution >= 4 is 5.95 Å². The van der Waals surface area contributed by atoms with E-state index in [1.807, 2.05) is 13.8 Å². The smallest absolute Gasteiger partial charge is 0.266 e. The van der Waals surface area contributed by atoms with Crippen molar-refractivity contribution in [1.82, 2.24) is 10.1 Å². The fourth-order valence-electron chi connectivity index (χ4n) is 1.97. The Morgan fingerprint density at radius 3 is 2.65 bits per heavy atom. The summed E-state index contributed by atoms with van der Waals surface area (Å²) >= 11 is 0. The molecule has 96 valence electrons. The maximum Gasteiger partial charge on any atom is 0.266 e. The second kappa shape index (κ2) is 5.49. The van der Waals surface area contributed by atoms with Gasteiger partial charge in [-0.1, -0.05) is 13.8 Å². The van der Waals surface area contributed by atoms with Crippen LogP contribution in [0.15, 0.2) is 4.52 Å². The van der Waals surface area contributed by atoms with Gasteiger partial charge in [0.1, 0.15) is 0 Å². The SMILES string of the molecule is CC(C)C(O)Cc1nc(N2CCCCC2)no1. The van der Waals surface area contributed by atoms with E-state index < -0.39 is 6.10 Å². The molecule has 1 aliphatic heterocycles. The van der Waals surface area contributed by atoms with Crippen molar-refractivity contribution in [2.45, 2.75) is 45.6 Å². The Morgan fingerprint density at radius 1 is 1.29 bits per heavy atom. The first-order chi connectivity index (χ1) is 8.16. The zero-order valence-corrected chi connectivity index (χ0v) is 10.6. The number of aliphatic hydroxyl groups excluding tert-OH is 1. The van der Waals surface area contributed by atoms with Gasteiger partial charge in [0.15, 0.2) is 0 Å². The summed E-state index contributed by atoms with van der Waals surface area (Å²) in [5.41, 5.74) is 0. The molecular weight excluding hydrogens is 218 g/mol. The first kappa shape index (κ1) is 12.4. The van der Waals surface area contributed by atoms with Crippen molar-refractivity contribution in [1.29, 1.82) is 0 Å². The van der Waals surface area contributed by atoms with Gasteiger partial charge in [-0.05, 0) is 30.3 Å². The summed E-state index contributed by atoms with van der Waals surface area (Å²) in [6, 6.07) is 0. The van der Waals surface area contributed by atoms with Crippen molar-refractivity contribution in [2.75, 3.05) is 18.0 Å². The Hall–Kier alpha value is -1.10. The average molecular weight is 239 g/mol. The van der Waals surface area contributed by atoms with Crippen LogP contribution in [-0.2, 0) is 6.42 Å². The van der Waals surface area contributed by atoms with Crippen molar-refractivity contribution in [3.05, 3.63) is 5.89 Å². The van der Waals surface area contributed by atoms with E-state index in [0.717, 1.165) is 13.1 Å². The molecule has 1 aliphatic rings. The summed E-state index contributed by atoms with van der Waals surface area (Å²) in [5.74, 6) is 1.42. The number of hydrogen-bond acceptors (Lipinski definition) is 5. The highest BCUT2D eigenvalue weighted by atomic mass is 16.5. The summed E-state index contributed by atoms with van der Waals surface area (Å²) in [6.45, 7) is 5.97. The van der Waals surface area contributed by atoms with Crippen LogP contribution in [0.25, 0.3) is 0 Å². The van der Waals surface area contributed by atoms with Crippen molar-refractivity contribution in [2.24, 2.45) is 5.92 Å². The van der Waals surface area contributed by atoms with E-state index in [-0.39, 0.29) is 5.92 Å². The molecule has 0 amide bonds. The molecule has 0 aromatic carbocycles. The highest BCUT2D eigenvalue weighted by molar-refractivity contribution is 5.28. The van der Waals surface area contributed by atoms with Crippen LogP contribution >= 0.6 is 0 Å². The molecule has 0 radical (unpaired) electrons. The number of piperidine rings is 1. The van der Waals surface area contributed by atoms with Crippen molar-refractivity contribution < 1.29 is 9.63 Å². The largest absolute Gasteiger partial charge is 0.392 e. The topological polar surface area (TPSA) is 62.4 Å². The molecule has 2 heterocycles. The van der Waals surface area contributed by atoms with Gasteiger partial charge >= 0.3 is 0 Å². The molecule has 0 saturated carbocycles. The van der Waals surface area contributed by atoms with E-state index in [2.05, 4.69) is 15.0 Å². The first-order valence-corrected chi connectivity index (χ1v) is 6.42. The van der Waals surface area contributed by atoms with Crippen LogP contribution in [0.2, 0.25) is 0 Å². The summed E-state index contributed by atoms with van der Waals surface area (Å²) < 4.78 is 5.18. The average Bonchev–Trinajstić information content (AvgIpc) is 2.78. The van der Waals surface area contributed by atoms with Gasteiger partial charge in [0.25, 0.3) is 5.95 Å². The van der Waals surface area contributed by atoms with Crippen LogP contribution < -0.4 is 4.90 Å². The normalized spacial score (nSPS) is 18.7. The van der Waals surface area contributed by atoms with Gasteiger partial charge in [-0.25, -0.2) is 0 Å². The van der Waals surface area contributed by atoms with Crippen LogP contribution in [0.4, 0.5) is 5.95 Å². The molecule has 1 N–H and O–H groups in total. The number of hydrogen-bond donors (Lipinski definition) is 1. The number of aromatic nitrogens is 2. The van der Waals surface area contributed by atoms with Crippen LogP contribution in [0.5, 0.6) is 0 Å². The quantitative estimate of drug-likeness (QED) is 0.865. The zero-order chi connectivity index (χ0) is 12.3. The molecule has 17 heavy (non-hydrogen) atoms. The van der Waals surface area contributed by atoms with E-state index in [0.29, 0.717) is 18.3 Å². The Balaban J connectivity index is 1.95. The maximum atomic E-state index is 9.76. The number of anilines is 1. The van der Waals surface area contributed by atoms with Crippen LogP contribution in [-0.4, -0.2) is 34.4 Å². The lowest BCUT2D eigenvalue weighted by Crippen LogP contribution is -2.30. The summed E-state index contributed by atoms with van der Waals surface area (Å²) in [7, 11) is 0. The van der Waals surface area contributed by atoms with Crippen LogP contribution in [0, 0.1) is 5.92 Å². The third-order valence-corrected chi connectivity index (χ3v) is 3.25. The predicted molar refractivity (Wildman–Crippen MR) is 64.9 cm³/mol. The van der Waals surface area contributed by atoms with Gasteiger partial charge in [0.2, 0.25) is 5.89 Å². The lowest BCUT2D eigenvalue weighted by molar-refractivity contribution is 0.116. The minimum atomic E-state index is -0.412. The fourth-order valence-corrected chi connectivity index (χ4v) is 1.97. The van der Waals surface area contributed by atoms with Gasteiger partial charge in [-0.2, -0.15) is 4.98 Å². The minimum Gasteiger partial charge on any atom is -0.392 e. The summed E-state index contributed by atoms with van der Waals surface area (Å²) in [6.07, 6.45) is 3.70. The van der Waals surface area contributed by atoms with Crippen molar-refractivity contribution in [3.63, 3.8) is 0 Å². The lowest BCUT2D eigenvalue weighted by Gasteiger charge is -2.24. The van der Waals surface area contributed by atoms with Gasteiger partial charge in [0.05, 0.1) is 12.5 Å². The maximum absolute atomic E-state index is 9.76. The van der Waals surface area contributed by atoms with E-state index in [4.69, 9.17) is 4.52 Å². The van der Waals surface area contributed by atoms with Gasteiger partial charge in [-0.15, -0.1) is 0 Å². The number of aliphatic hydroxyl groups is 1. The zero-order valence-electron chi connectivity index (χ0n) is 10.6. The second-order valence-electron chi connectivity index (χ2n) is 5.05. The Labute approximate surface area is 102 Å². The fraction of sp³-hybridized carbons (Fsp3) is 0.833. The van der Waals surface area contributed by atoms with Gasteiger partial charge in [-0.3, -0.25) is 0 Å². The van der Waals surface area contributed by atoms with E-state index in [9.17, 15) is 5.11 Å². The van der Waals surface area contributed by atoms with Crippen molar-refractivity contribution in [3.8, 4) is 0 Å². The van der Waals surface area contributed by atoms with Crippen LogP contribution in [0.3, 0.4) is 0 Å². The number of rotatable bonds is 4. The summed E-state index contributed by atoms with van der Waals surface area (Å²) in [4.78, 5) is 6.50. The molecule has 1 saturated heterocycles. The third kappa shape index (κ3) is 3.19. The molecule has 1 aromatic heterocycles. The molecule has 1 unspecified atom stereocenters. The molecule has 5 heteroatoms. The second-order valence-corrected chi connectivity index (χ2v) is 5.05. The predicted octanol–water partition coefficient (Wildman–Crippen LogP) is 1.62. The van der Waals surface area contributed by atoms with Gasteiger partial charge < -0.3 is 14.5 Å². The molecule has 0 aliphatic carbocycles. The molecular formula is C12H21N3O2. The highest BCUT2D eigenvalue weighted by Gasteiger charge is 2.19. The van der Waals surface area contributed by atoms with E-state index >= 15 is 0 Å². The molecule has 0 bridgehead atoms. The van der Waals surface area contributed by atoms with E-state index in [1.165, 1.54) is 19.3 Å². The Bertz CT molecular complexity index is 345. The highest BCUT2D eigenvalue weighted by Crippen LogP contribution is 2.17. The van der Waals surface area contributed by atoms with Crippen LogP contribution in [0.1, 0.15) is 39.0 Å².